The lowest BCUT2D eigenvalue weighted by molar-refractivity contribution is -0.124. The van der Waals surface area contributed by atoms with E-state index in [-0.39, 0.29) is 11.9 Å². The van der Waals surface area contributed by atoms with E-state index in [9.17, 15) is 4.79 Å². The highest BCUT2D eigenvalue weighted by Crippen LogP contribution is 2.15. The number of hydrogen-bond acceptors (Lipinski definition) is 2. The van der Waals surface area contributed by atoms with Crippen LogP contribution >= 0.6 is 0 Å². The Kier molecular flexibility index (Phi) is 5.09. The standard InChI is InChI=1S/C12H24N2O/c1-4-5-10(3)14-12(15)11-8-9(2)6-7-13-11/h9-11,13H,4-8H2,1-3H3,(H,14,15). The quantitative estimate of drug-likeness (QED) is 0.744. The normalized spacial score (nSPS) is 28.5. The highest BCUT2D eigenvalue weighted by molar-refractivity contribution is 5.82. The van der Waals surface area contributed by atoms with Crippen LogP contribution in [0.1, 0.15) is 46.5 Å². The zero-order valence-corrected chi connectivity index (χ0v) is 10.2. The van der Waals surface area contributed by atoms with Crippen LogP contribution in [0, 0.1) is 5.92 Å². The maximum absolute atomic E-state index is 11.9. The van der Waals surface area contributed by atoms with Crippen LogP contribution in [0.4, 0.5) is 0 Å². The predicted molar refractivity (Wildman–Crippen MR) is 62.7 cm³/mol. The fourth-order valence-electron chi connectivity index (χ4n) is 2.16. The minimum atomic E-state index is 0.0352. The Bertz CT molecular complexity index is 206. The number of carbonyl (C=O) groups is 1. The topological polar surface area (TPSA) is 41.1 Å². The second-order valence-corrected chi connectivity index (χ2v) is 4.83. The van der Waals surface area contributed by atoms with Gasteiger partial charge in [0, 0.05) is 6.04 Å². The average Bonchev–Trinajstić information content (AvgIpc) is 2.18. The third kappa shape index (κ3) is 4.20. The van der Waals surface area contributed by atoms with E-state index in [0.29, 0.717) is 12.0 Å². The maximum atomic E-state index is 11.9. The molecule has 15 heavy (non-hydrogen) atoms. The number of amides is 1. The molecule has 1 rings (SSSR count). The molecule has 0 aromatic heterocycles. The van der Waals surface area contributed by atoms with E-state index in [2.05, 4.69) is 31.4 Å². The summed E-state index contributed by atoms with van der Waals surface area (Å²) in [4.78, 5) is 11.9. The number of hydrogen-bond donors (Lipinski definition) is 2. The van der Waals surface area contributed by atoms with Gasteiger partial charge < -0.3 is 10.6 Å². The molecule has 0 saturated carbocycles. The molecule has 1 fully saturated rings. The molecule has 3 heteroatoms. The second-order valence-electron chi connectivity index (χ2n) is 4.83. The van der Waals surface area contributed by atoms with E-state index in [1.807, 2.05) is 0 Å². The molecule has 0 bridgehead atoms. The number of carbonyl (C=O) groups excluding carboxylic acids is 1. The summed E-state index contributed by atoms with van der Waals surface area (Å²) in [5.74, 6) is 0.853. The highest BCUT2D eigenvalue weighted by Gasteiger charge is 2.24. The Balaban J connectivity index is 2.32. The van der Waals surface area contributed by atoms with Gasteiger partial charge in [-0.1, -0.05) is 20.3 Å². The molecule has 3 nitrogen and oxygen atoms in total. The highest BCUT2D eigenvalue weighted by atomic mass is 16.2. The average molecular weight is 212 g/mol. The minimum Gasteiger partial charge on any atom is -0.352 e. The molecule has 88 valence electrons. The van der Waals surface area contributed by atoms with Gasteiger partial charge in [-0.05, 0) is 38.6 Å². The molecule has 0 spiro atoms. The molecule has 0 radical (unpaired) electrons. The molecule has 1 saturated heterocycles. The van der Waals surface area contributed by atoms with Crippen LogP contribution in [0.25, 0.3) is 0 Å². The summed E-state index contributed by atoms with van der Waals surface area (Å²) in [6.07, 6.45) is 4.35. The molecule has 2 N–H and O–H groups in total. The summed E-state index contributed by atoms with van der Waals surface area (Å²) in [6, 6.07) is 0.342. The van der Waals surface area contributed by atoms with Gasteiger partial charge in [-0.3, -0.25) is 4.79 Å². The van der Waals surface area contributed by atoms with Crippen LogP contribution in [0.15, 0.2) is 0 Å². The molecule has 3 unspecified atom stereocenters. The monoisotopic (exact) mass is 212 g/mol. The van der Waals surface area contributed by atoms with Crippen molar-refractivity contribution in [2.45, 2.75) is 58.5 Å². The van der Waals surface area contributed by atoms with Crippen LogP contribution in [0.3, 0.4) is 0 Å². The molecule has 0 aromatic rings. The van der Waals surface area contributed by atoms with E-state index in [1.165, 1.54) is 6.42 Å². The third-order valence-electron chi connectivity index (χ3n) is 3.09. The van der Waals surface area contributed by atoms with Crippen molar-refractivity contribution in [1.29, 1.82) is 0 Å². The van der Waals surface area contributed by atoms with E-state index in [0.717, 1.165) is 25.8 Å². The Hall–Kier alpha value is -0.570. The van der Waals surface area contributed by atoms with Crippen LogP contribution < -0.4 is 10.6 Å². The van der Waals surface area contributed by atoms with Crippen molar-refractivity contribution in [3.63, 3.8) is 0 Å². The number of rotatable bonds is 4. The first-order valence-electron chi connectivity index (χ1n) is 6.17. The second kappa shape index (κ2) is 6.11. The number of piperidine rings is 1. The van der Waals surface area contributed by atoms with Gasteiger partial charge in [0.1, 0.15) is 0 Å². The maximum Gasteiger partial charge on any atom is 0.237 e. The zero-order valence-electron chi connectivity index (χ0n) is 10.2. The lowest BCUT2D eigenvalue weighted by atomic mass is 9.94. The van der Waals surface area contributed by atoms with Gasteiger partial charge >= 0.3 is 0 Å². The van der Waals surface area contributed by atoms with E-state index >= 15 is 0 Å². The van der Waals surface area contributed by atoms with Gasteiger partial charge in [-0.25, -0.2) is 0 Å². The number of nitrogens with one attached hydrogen (secondary N) is 2. The van der Waals surface area contributed by atoms with Crippen molar-refractivity contribution in [2.24, 2.45) is 5.92 Å². The van der Waals surface area contributed by atoms with Crippen molar-refractivity contribution in [3.8, 4) is 0 Å². The van der Waals surface area contributed by atoms with Crippen molar-refractivity contribution in [3.05, 3.63) is 0 Å². The Labute approximate surface area is 93.0 Å². The summed E-state index contributed by atoms with van der Waals surface area (Å²) in [5, 5.41) is 6.35. The lowest BCUT2D eigenvalue weighted by Gasteiger charge is -2.28. The van der Waals surface area contributed by atoms with Crippen molar-refractivity contribution in [2.75, 3.05) is 6.54 Å². The Morgan fingerprint density at radius 1 is 1.60 bits per heavy atom. The van der Waals surface area contributed by atoms with Crippen LogP contribution in [-0.4, -0.2) is 24.5 Å². The summed E-state index contributed by atoms with van der Waals surface area (Å²) < 4.78 is 0. The summed E-state index contributed by atoms with van der Waals surface area (Å²) in [6.45, 7) is 7.41. The molecule has 0 aromatic carbocycles. The molecule has 1 aliphatic rings. The smallest absolute Gasteiger partial charge is 0.237 e. The zero-order chi connectivity index (χ0) is 11.3. The largest absolute Gasteiger partial charge is 0.352 e. The van der Waals surface area contributed by atoms with Gasteiger partial charge in [0.05, 0.1) is 6.04 Å². The first kappa shape index (κ1) is 12.5. The van der Waals surface area contributed by atoms with Gasteiger partial charge in [0.2, 0.25) is 5.91 Å². The van der Waals surface area contributed by atoms with Crippen molar-refractivity contribution in [1.82, 2.24) is 10.6 Å². The molecule has 1 heterocycles. The first-order chi connectivity index (χ1) is 7.13. The van der Waals surface area contributed by atoms with E-state index in [1.54, 1.807) is 0 Å². The predicted octanol–water partition coefficient (Wildman–Crippen LogP) is 1.68. The Morgan fingerprint density at radius 2 is 2.33 bits per heavy atom. The van der Waals surface area contributed by atoms with Crippen LogP contribution in [-0.2, 0) is 4.79 Å². The molecule has 1 aliphatic heterocycles. The van der Waals surface area contributed by atoms with Crippen molar-refractivity contribution >= 4 is 5.91 Å². The molecule has 3 atom stereocenters. The summed E-state index contributed by atoms with van der Waals surface area (Å²) in [5.41, 5.74) is 0. The molecule has 1 amide bonds. The fraction of sp³-hybridized carbons (Fsp3) is 0.917. The Morgan fingerprint density at radius 3 is 2.93 bits per heavy atom. The summed E-state index contributed by atoms with van der Waals surface area (Å²) >= 11 is 0. The lowest BCUT2D eigenvalue weighted by Crippen LogP contribution is -2.50. The summed E-state index contributed by atoms with van der Waals surface area (Å²) in [7, 11) is 0. The molecular formula is C12H24N2O. The minimum absolute atomic E-state index is 0.0352. The van der Waals surface area contributed by atoms with E-state index in [4.69, 9.17) is 0 Å². The SMILES string of the molecule is CCCC(C)NC(=O)C1CC(C)CCN1. The van der Waals surface area contributed by atoms with Crippen LogP contribution in [0.5, 0.6) is 0 Å². The van der Waals surface area contributed by atoms with Gasteiger partial charge in [0.15, 0.2) is 0 Å². The van der Waals surface area contributed by atoms with Gasteiger partial charge in [0.25, 0.3) is 0 Å². The van der Waals surface area contributed by atoms with E-state index < -0.39 is 0 Å². The first-order valence-corrected chi connectivity index (χ1v) is 6.17. The van der Waals surface area contributed by atoms with Crippen LogP contribution in [0.2, 0.25) is 0 Å². The molecule has 0 aliphatic carbocycles. The van der Waals surface area contributed by atoms with Gasteiger partial charge in [-0.2, -0.15) is 0 Å². The third-order valence-corrected chi connectivity index (χ3v) is 3.09. The fourth-order valence-corrected chi connectivity index (χ4v) is 2.16. The molecular weight excluding hydrogens is 188 g/mol. The van der Waals surface area contributed by atoms with Gasteiger partial charge in [-0.15, -0.1) is 0 Å². The van der Waals surface area contributed by atoms with Crippen molar-refractivity contribution < 1.29 is 4.79 Å².